The third-order valence-corrected chi connectivity index (χ3v) is 2.86. The van der Waals surface area contributed by atoms with Crippen LogP contribution in [0.25, 0.3) is 0 Å². The minimum Gasteiger partial charge on any atom is -0.481 e. The molecule has 0 aliphatic carbocycles. The molecule has 1 aromatic heterocycles. The molecular weight excluding hydrogens is 301 g/mol. The first-order valence-corrected chi connectivity index (χ1v) is 6.45. The van der Waals surface area contributed by atoms with E-state index in [1.165, 1.54) is 13.2 Å². The first-order valence-electron chi connectivity index (χ1n) is 5.69. The van der Waals surface area contributed by atoms with Gasteiger partial charge in [-0.25, -0.2) is 4.98 Å². The SMILES string of the molecule is COc1cc(Cl)nc(NC(=O)Cc2ccc(Cl)cc2)n1. The minimum absolute atomic E-state index is 0.105. The number of nitrogens with zero attached hydrogens (tertiary/aromatic N) is 2. The zero-order valence-electron chi connectivity index (χ0n) is 10.6. The fraction of sp³-hybridized carbons (Fsp3) is 0.154. The molecule has 1 amide bonds. The van der Waals surface area contributed by atoms with Gasteiger partial charge in [-0.15, -0.1) is 0 Å². The van der Waals surface area contributed by atoms with E-state index in [0.29, 0.717) is 5.02 Å². The van der Waals surface area contributed by atoms with Crippen LogP contribution in [0.2, 0.25) is 10.2 Å². The first-order chi connectivity index (χ1) is 9.56. The number of ether oxygens (including phenoxy) is 1. The summed E-state index contributed by atoms with van der Waals surface area (Å²) in [6.45, 7) is 0. The van der Waals surface area contributed by atoms with E-state index in [9.17, 15) is 4.79 Å². The maximum absolute atomic E-state index is 11.9. The Kier molecular flexibility index (Phi) is 4.76. The van der Waals surface area contributed by atoms with Gasteiger partial charge >= 0.3 is 0 Å². The number of benzene rings is 1. The highest BCUT2D eigenvalue weighted by atomic mass is 35.5. The molecule has 0 atom stereocenters. The van der Waals surface area contributed by atoms with Gasteiger partial charge < -0.3 is 4.74 Å². The van der Waals surface area contributed by atoms with Crippen molar-refractivity contribution in [1.29, 1.82) is 0 Å². The Morgan fingerprint density at radius 2 is 1.95 bits per heavy atom. The summed E-state index contributed by atoms with van der Waals surface area (Å²) < 4.78 is 4.95. The summed E-state index contributed by atoms with van der Waals surface area (Å²) in [5.74, 6) is 0.136. The summed E-state index contributed by atoms with van der Waals surface area (Å²) in [6.07, 6.45) is 0.190. The molecule has 2 aromatic rings. The van der Waals surface area contributed by atoms with Gasteiger partial charge in [0.25, 0.3) is 0 Å². The lowest BCUT2D eigenvalue weighted by molar-refractivity contribution is -0.115. The molecule has 0 spiro atoms. The summed E-state index contributed by atoms with van der Waals surface area (Å²) in [5, 5.41) is 3.38. The number of carbonyl (C=O) groups is 1. The molecule has 7 heteroatoms. The molecule has 104 valence electrons. The number of hydrogen-bond acceptors (Lipinski definition) is 4. The van der Waals surface area contributed by atoms with Gasteiger partial charge in [0.15, 0.2) is 0 Å². The van der Waals surface area contributed by atoms with Crippen LogP contribution >= 0.6 is 23.2 Å². The Morgan fingerprint density at radius 3 is 2.60 bits per heavy atom. The highest BCUT2D eigenvalue weighted by Crippen LogP contribution is 2.16. The maximum atomic E-state index is 11.9. The summed E-state index contributed by atoms with van der Waals surface area (Å²) >= 11 is 11.6. The summed E-state index contributed by atoms with van der Waals surface area (Å²) in [4.78, 5) is 19.7. The molecule has 1 N–H and O–H groups in total. The van der Waals surface area contributed by atoms with Crippen molar-refractivity contribution in [2.75, 3.05) is 12.4 Å². The molecular formula is C13H11Cl2N3O2. The van der Waals surface area contributed by atoms with Gasteiger partial charge in [0.05, 0.1) is 13.5 Å². The van der Waals surface area contributed by atoms with Crippen LogP contribution in [0, 0.1) is 0 Å². The average molecular weight is 312 g/mol. The quantitative estimate of drug-likeness (QED) is 0.882. The van der Waals surface area contributed by atoms with Gasteiger partial charge in [-0.1, -0.05) is 35.3 Å². The predicted molar refractivity (Wildman–Crippen MR) is 77.4 cm³/mol. The van der Waals surface area contributed by atoms with E-state index in [-0.39, 0.29) is 29.3 Å². The number of anilines is 1. The minimum atomic E-state index is -0.253. The van der Waals surface area contributed by atoms with Crippen molar-refractivity contribution >= 4 is 35.1 Å². The Balaban J connectivity index is 2.04. The molecule has 20 heavy (non-hydrogen) atoms. The molecule has 0 radical (unpaired) electrons. The summed E-state index contributed by atoms with van der Waals surface area (Å²) in [5.41, 5.74) is 0.834. The fourth-order valence-corrected chi connectivity index (χ4v) is 1.81. The standard InChI is InChI=1S/C13H11Cl2N3O2/c1-20-12-7-10(15)16-13(18-12)17-11(19)6-8-2-4-9(14)5-3-8/h2-5,7H,6H2,1H3,(H,16,17,18,19). The molecule has 2 rings (SSSR count). The largest absolute Gasteiger partial charge is 0.481 e. The van der Waals surface area contributed by atoms with E-state index < -0.39 is 0 Å². The zero-order valence-corrected chi connectivity index (χ0v) is 12.1. The third-order valence-electron chi connectivity index (χ3n) is 2.41. The molecule has 5 nitrogen and oxygen atoms in total. The van der Waals surface area contributed by atoms with E-state index in [4.69, 9.17) is 27.9 Å². The smallest absolute Gasteiger partial charge is 0.234 e. The lowest BCUT2D eigenvalue weighted by Gasteiger charge is -2.06. The van der Waals surface area contributed by atoms with Crippen molar-refractivity contribution in [2.24, 2.45) is 0 Å². The van der Waals surface area contributed by atoms with E-state index in [1.54, 1.807) is 24.3 Å². The maximum Gasteiger partial charge on any atom is 0.234 e. The van der Waals surface area contributed by atoms with Crippen molar-refractivity contribution < 1.29 is 9.53 Å². The fourth-order valence-electron chi connectivity index (χ4n) is 1.51. The number of aromatic nitrogens is 2. The molecule has 0 bridgehead atoms. The van der Waals surface area contributed by atoms with Gasteiger partial charge in [0.2, 0.25) is 17.7 Å². The molecule has 1 aromatic carbocycles. The van der Waals surface area contributed by atoms with Crippen LogP contribution in [-0.2, 0) is 11.2 Å². The second kappa shape index (κ2) is 6.54. The number of methoxy groups -OCH3 is 1. The lowest BCUT2D eigenvalue weighted by atomic mass is 10.1. The van der Waals surface area contributed by atoms with Gasteiger partial charge in [-0.2, -0.15) is 4.98 Å². The molecule has 0 saturated carbocycles. The number of carbonyl (C=O) groups excluding carboxylic acids is 1. The normalized spacial score (nSPS) is 10.2. The van der Waals surface area contributed by atoms with Gasteiger partial charge in [0, 0.05) is 11.1 Å². The number of nitrogens with one attached hydrogen (secondary N) is 1. The third kappa shape index (κ3) is 4.08. The predicted octanol–water partition coefficient (Wildman–Crippen LogP) is 2.97. The molecule has 0 aliphatic rings. The van der Waals surface area contributed by atoms with Crippen LogP contribution in [0.3, 0.4) is 0 Å². The van der Waals surface area contributed by atoms with E-state index in [0.717, 1.165) is 5.56 Å². The Bertz CT molecular complexity index is 618. The number of halogens is 2. The van der Waals surface area contributed by atoms with Crippen LogP contribution < -0.4 is 10.1 Å². The van der Waals surface area contributed by atoms with Crippen LogP contribution in [-0.4, -0.2) is 23.0 Å². The molecule has 0 fully saturated rings. The number of rotatable bonds is 4. The average Bonchev–Trinajstić information content (AvgIpc) is 2.40. The highest BCUT2D eigenvalue weighted by Gasteiger charge is 2.08. The topological polar surface area (TPSA) is 64.1 Å². The van der Waals surface area contributed by atoms with Gasteiger partial charge in [-0.05, 0) is 17.7 Å². The van der Waals surface area contributed by atoms with E-state index in [2.05, 4.69) is 15.3 Å². The van der Waals surface area contributed by atoms with Crippen molar-refractivity contribution in [1.82, 2.24) is 9.97 Å². The van der Waals surface area contributed by atoms with E-state index >= 15 is 0 Å². The van der Waals surface area contributed by atoms with E-state index in [1.807, 2.05) is 0 Å². The second-order valence-corrected chi connectivity index (χ2v) is 4.73. The summed E-state index contributed by atoms with van der Waals surface area (Å²) in [6, 6.07) is 8.46. The molecule has 0 unspecified atom stereocenters. The highest BCUT2D eigenvalue weighted by molar-refractivity contribution is 6.30. The molecule has 0 aliphatic heterocycles. The monoisotopic (exact) mass is 311 g/mol. The van der Waals surface area contributed by atoms with Crippen molar-refractivity contribution in [3.63, 3.8) is 0 Å². The molecule has 1 heterocycles. The number of hydrogen-bond donors (Lipinski definition) is 1. The van der Waals surface area contributed by atoms with Crippen LogP contribution in [0.5, 0.6) is 5.88 Å². The van der Waals surface area contributed by atoms with Crippen molar-refractivity contribution in [2.45, 2.75) is 6.42 Å². The van der Waals surface area contributed by atoms with Crippen molar-refractivity contribution in [3.05, 3.63) is 46.1 Å². The molecule has 0 saturated heterocycles. The Morgan fingerprint density at radius 1 is 1.25 bits per heavy atom. The van der Waals surface area contributed by atoms with Crippen LogP contribution in [0.1, 0.15) is 5.56 Å². The lowest BCUT2D eigenvalue weighted by Crippen LogP contribution is -2.16. The number of amides is 1. The Hall–Kier alpha value is -1.85. The first kappa shape index (κ1) is 14.6. The zero-order chi connectivity index (χ0) is 14.5. The second-order valence-electron chi connectivity index (χ2n) is 3.91. The van der Waals surface area contributed by atoms with Gasteiger partial charge in [-0.3, -0.25) is 10.1 Å². The van der Waals surface area contributed by atoms with Gasteiger partial charge in [0.1, 0.15) is 5.15 Å². The van der Waals surface area contributed by atoms with Crippen LogP contribution in [0.15, 0.2) is 30.3 Å². The van der Waals surface area contributed by atoms with Crippen LogP contribution in [0.4, 0.5) is 5.95 Å². The van der Waals surface area contributed by atoms with Crippen molar-refractivity contribution in [3.8, 4) is 5.88 Å². The summed E-state index contributed by atoms with van der Waals surface area (Å²) in [7, 11) is 1.46. The Labute approximate surface area is 125 Å².